The van der Waals surface area contributed by atoms with Gasteiger partial charge in [0.25, 0.3) is 0 Å². The zero-order valence-corrected chi connectivity index (χ0v) is 6.98. The van der Waals surface area contributed by atoms with Gasteiger partial charge < -0.3 is 0 Å². The van der Waals surface area contributed by atoms with E-state index < -0.39 is 0 Å². The summed E-state index contributed by atoms with van der Waals surface area (Å²) in [6, 6.07) is 0. The molecule has 1 aliphatic rings. The summed E-state index contributed by atoms with van der Waals surface area (Å²) in [6.45, 7) is 4.49. The van der Waals surface area contributed by atoms with Gasteiger partial charge in [0.1, 0.15) is 0 Å². The van der Waals surface area contributed by atoms with Crippen molar-refractivity contribution >= 4 is 0 Å². The third-order valence-electron chi connectivity index (χ3n) is 2.09. The van der Waals surface area contributed by atoms with Crippen LogP contribution in [-0.4, -0.2) is 0 Å². The van der Waals surface area contributed by atoms with E-state index in [9.17, 15) is 0 Å². The molecule has 10 heavy (non-hydrogen) atoms. The second-order valence-corrected chi connectivity index (χ2v) is 3.02. The van der Waals surface area contributed by atoms with Crippen molar-refractivity contribution in [3.8, 4) is 0 Å². The van der Waals surface area contributed by atoms with Gasteiger partial charge in [0.15, 0.2) is 0 Å². The molecule has 0 heteroatoms. The van der Waals surface area contributed by atoms with E-state index in [1.54, 1.807) is 11.1 Å². The Morgan fingerprint density at radius 1 is 1.50 bits per heavy atom. The van der Waals surface area contributed by atoms with Gasteiger partial charge in [-0.2, -0.15) is 0 Å². The molecule has 0 aromatic rings. The summed E-state index contributed by atoms with van der Waals surface area (Å²) in [4.78, 5) is 0. The third-order valence-corrected chi connectivity index (χ3v) is 2.09. The molecule has 1 aliphatic carbocycles. The lowest BCUT2D eigenvalue weighted by Gasteiger charge is -1.99. The summed E-state index contributed by atoms with van der Waals surface area (Å²) < 4.78 is 0. The summed E-state index contributed by atoms with van der Waals surface area (Å²) in [5, 5.41) is 0. The number of allylic oxidation sites excluding steroid dienone is 4. The number of unbranched alkanes of at least 4 members (excludes halogenated alkanes) is 1. The first-order chi connectivity index (χ1) is 4.84. The molecule has 0 spiro atoms. The zero-order chi connectivity index (χ0) is 7.40. The fourth-order valence-corrected chi connectivity index (χ4v) is 1.32. The van der Waals surface area contributed by atoms with Gasteiger partial charge in [-0.1, -0.05) is 31.1 Å². The molecule has 56 valence electrons. The highest BCUT2D eigenvalue weighted by atomic mass is 14.1. The van der Waals surface area contributed by atoms with Crippen LogP contribution in [0.2, 0.25) is 0 Å². The first-order valence-electron chi connectivity index (χ1n) is 4.19. The van der Waals surface area contributed by atoms with Crippen molar-refractivity contribution in [2.45, 2.75) is 39.5 Å². The molecule has 1 rings (SSSR count). The Kier molecular flexibility index (Phi) is 2.73. The lowest BCUT2D eigenvalue weighted by Crippen LogP contribution is -1.79. The normalized spacial score (nSPS) is 17.0. The largest absolute Gasteiger partial charge is 0.0802 e. The molecule has 0 atom stereocenters. The molecule has 0 saturated carbocycles. The van der Waals surface area contributed by atoms with Crippen LogP contribution < -0.4 is 0 Å². The Morgan fingerprint density at radius 3 is 2.80 bits per heavy atom. The number of hydrogen-bond acceptors (Lipinski definition) is 0. The van der Waals surface area contributed by atoms with Gasteiger partial charge in [-0.15, -0.1) is 0 Å². The maximum atomic E-state index is 2.28. The highest BCUT2D eigenvalue weighted by molar-refractivity contribution is 5.32. The minimum atomic E-state index is 1.19. The quantitative estimate of drug-likeness (QED) is 0.557. The minimum Gasteiger partial charge on any atom is -0.0802 e. The highest BCUT2D eigenvalue weighted by Gasteiger charge is 2.02. The molecule has 0 aromatic carbocycles. The van der Waals surface area contributed by atoms with Crippen LogP contribution >= 0.6 is 0 Å². The van der Waals surface area contributed by atoms with E-state index in [-0.39, 0.29) is 0 Å². The minimum absolute atomic E-state index is 1.19. The lowest BCUT2D eigenvalue weighted by molar-refractivity contribution is 0.794. The number of rotatable bonds is 3. The first-order valence-corrected chi connectivity index (χ1v) is 4.19. The van der Waals surface area contributed by atoms with Crippen LogP contribution in [0.15, 0.2) is 23.3 Å². The van der Waals surface area contributed by atoms with E-state index in [0.717, 1.165) is 0 Å². The van der Waals surface area contributed by atoms with Gasteiger partial charge in [-0.05, 0) is 31.8 Å². The highest BCUT2D eigenvalue weighted by Crippen LogP contribution is 2.22. The van der Waals surface area contributed by atoms with Crippen LogP contribution in [0.1, 0.15) is 39.5 Å². The van der Waals surface area contributed by atoms with Gasteiger partial charge >= 0.3 is 0 Å². The molecule has 0 saturated heterocycles. The van der Waals surface area contributed by atoms with Crippen molar-refractivity contribution in [3.05, 3.63) is 23.3 Å². The van der Waals surface area contributed by atoms with Crippen molar-refractivity contribution < 1.29 is 0 Å². The summed E-state index contributed by atoms with van der Waals surface area (Å²) in [7, 11) is 0. The van der Waals surface area contributed by atoms with Crippen LogP contribution in [0.25, 0.3) is 0 Å². The van der Waals surface area contributed by atoms with E-state index in [2.05, 4.69) is 26.0 Å². The van der Waals surface area contributed by atoms with Crippen LogP contribution in [0, 0.1) is 0 Å². The molecule has 0 unspecified atom stereocenters. The fraction of sp³-hybridized carbons (Fsp3) is 0.600. The first kappa shape index (κ1) is 7.59. The molecule has 0 N–H and O–H groups in total. The van der Waals surface area contributed by atoms with E-state index in [1.165, 1.54) is 25.7 Å². The van der Waals surface area contributed by atoms with E-state index in [0.29, 0.717) is 0 Å². The standard InChI is InChI=1S/C10H16/c1-3-4-7-10-8-5-6-9(10)2/h5,8H,3-4,6-7H2,1-2H3. The smallest absolute Gasteiger partial charge is 0.0133 e. The average Bonchev–Trinajstić information content (AvgIpc) is 2.31. The van der Waals surface area contributed by atoms with Gasteiger partial charge in [0, 0.05) is 0 Å². The molecule has 0 fully saturated rings. The van der Waals surface area contributed by atoms with Crippen molar-refractivity contribution in [2.24, 2.45) is 0 Å². The van der Waals surface area contributed by atoms with Crippen molar-refractivity contribution in [1.82, 2.24) is 0 Å². The Bertz CT molecular complexity index is 161. The summed E-state index contributed by atoms with van der Waals surface area (Å²) in [5.74, 6) is 0. The average molecular weight is 136 g/mol. The third kappa shape index (κ3) is 1.73. The van der Waals surface area contributed by atoms with E-state index in [1.807, 2.05) is 0 Å². The Morgan fingerprint density at radius 2 is 2.30 bits per heavy atom. The van der Waals surface area contributed by atoms with Crippen molar-refractivity contribution in [2.75, 3.05) is 0 Å². The van der Waals surface area contributed by atoms with Gasteiger partial charge in [0.2, 0.25) is 0 Å². The van der Waals surface area contributed by atoms with Crippen molar-refractivity contribution in [3.63, 3.8) is 0 Å². The van der Waals surface area contributed by atoms with Crippen LogP contribution in [0.5, 0.6) is 0 Å². The van der Waals surface area contributed by atoms with Crippen LogP contribution in [0.3, 0.4) is 0 Å². The van der Waals surface area contributed by atoms with Gasteiger partial charge in [-0.3, -0.25) is 0 Å². The topological polar surface area (TPSA) is 0 Å². The predicted molar refractivity (Wildman–Crippen MR) is 46.0 cm³/mol. The molecular formula is C10H16. The molecule has 0 aliphatic heterocycles. The second-order valence-electron chi connectivity index (χ2n) is 3.02. The summed E-state index contributed by atoms with van der Waals surface area (Å²) in [5.41, 5.74) is 3.16. The summed E-state index contributed by atoms with van der Waals surface area (Å²) >= 11 is 0. The van der Waals surface area contributed by atoms with Crippen molar-refractivity contribution in [1.29, 1.82) is 0 Å². The van der Waals surface area contributed by atoms with E-state index >= 15 is 0 Å². The monoisotopic (exact) mass is 136 g/mol. The Labute approximate surface area is 63.6 Å². The second kappa shape index (κ2) is 3.60. The zero-order valence-electron chi connectivity index (χ0n) is 6.98. The maximum absolute atomic E-state index is 2.28. The summed E-state index contributed by atoms with van der Waals surface area (Å²) in [6.07, 6.45) is 9.69. The maximum Gasteiger partial charge on any atom is -0.0133 e. The van der Waals surface area contributed by atoms with Crippen LogP contribution in [-0.2, 0) is 0 Å². The Balaban J connectivity index is 2.38. The SMILES string of the molecule is CCCCC1=C(C)CC=C1. The lowest BCUT2D eigenvalue weighted by atomic mass is 10.1. The van der Waals surface area contributed by atoms with Crippen LogP contribution in [0.4, 0.5) is 0 Å². The molecule has 0 amide bonds. The predicted octanol–water partition coefficient (Wildman–Crippen LogP) is 3.45. The Hall–Kier alpha value is -0.520. The molecular weight excluding hydrogens is 120 g/mol. The molecule has 0 heterocycles. The van der Waals surface area contributed by atoms with Gasteiger partial charge in [-0.25, -0.2) is 0 Å². The number of hydrogen-bond donors (Lipinski definition) is 0. The van der Waals surface area contributed by atoms with Gasteiger partial charge in [0.05, 0.1) is 0 Å². The molecule has 0 nitrogen and oxygen atoms in total. The molecule has 0 aromatic heterocycles. The fourth-order valence-electron chi connectivity index (χ4n) is 1.32. The molecule has 0 bridgehead atoms. The molecule has 0 radical (unpaired) electrons. The van der Waals surface area contributed by atoms with E-state index in [4.69, 9.17) is 0 Å².